The molecule has 0 aromatic heterocycles. The van der Waals surface area contributed by atoms with E-state index in [0.29, 0.717) is 41.8 Å². The van der Waals surface area contributed by atoms with E-state index in [1.807, 2.05) is 17.0 Å². The highest BCUT2D eigenvalue weighted by Gasteiger charge is 2.31. The second kappa shape index (κ2) is 7.60. The fourth-order valence-electron chi connectivity index (χ4n) is 3.68. The molecule has 2 aliphatic heterocycles. The lowest BCUT2D eigenvalue weighted by Gasteiger charge is -2.33. The van der Waals surface area contributed by atoms with Crippen LogP contribution in [0.15, 0.2) is 33.6 Å². The van der Waals surface area contributed by atoms with Gasteiger partial charge < -0.3 is 29.2 Å². The summed E-state index contributed by atoms with van der Waals surface area (Å²) in [6, 6.07) is 6.90. The summed E-state index contributed by atoms with van der Waals surface area (Å²) in [4.78, 5) is 1.94. The molecule has 0 amide bonds. The number of methoxy groups -OCH3 is 4. The minimum atomic E-state index is -3.90. The Balaban J connectivity index is 1.68. The fourth-order valence-corrected chi connectivity index (χ4v) is 4.81. The summed E-state index contributed by atoms with van der Waals surface area (Å²) in [7, 11) is 2.25. The second-order valence-electron chi connectivity index (χ2n) is 6.87. The van der Waals surface area contributed by atoms with Crippen LogP contribution in [-0.2, 0) is 23.0 Å². The van der Waals surface area contributed by atoms with Gasteiger partial charge in [0.2, 0.25) is 5.96 Å². The van der Waals surface area contributed by atoms with Crippen molar-refractivity contribution in [2.75, 3.05) is 40.3 Å². The third kappa shape index (κ3) is 3.36. The number of sulfonamides is 1. The van der Waals surface area contributed by atoms with Gasteiger partial charge in [-0.25, -0.2) is 0 Å². The fraction of sp³-hybridized carbons (Fsp3) is 0.350. The third-order valence-electron chi connectivity index (χ3n) is 5.23. The quantitative estimate of drug-likeness (QED) is 0.784. The molecule has 2 aromatic carbocycles. The van der Waals surface area contributed by atoms with Crippen LogP contribution >= 0.6 is 0 Å². The Morgan fingerprint density at radius 2 is 1.43 bits per heavy atom. The van der Waals surface area contributed by atoms with Gasteiger partial charge >= 0.3 is 0 Å². The predicted octanol–water partition coefficient (Wildman–Crippen LogP) is 2.25. The molecule has 0 bridgehead atoms. The van der Waals surface area contributed by atoms with Crippen molar-refractivity contribution in [3.8, 4) is 23.0 Å². The molecule has 4 rings (SSSR count). The number of nitrogens with one attached hydrogen (secondary N) is 1. The van der Waals surface area contributed by atoms with E-state index in [9.17, 15) is 8.42 Å². The van der Waals surface area contributed by atoms with E-state index in [1.165, 1.54) is 20.3 Å². The maximum Gasteiger partial charge on any atom is 0.287 e. The Labute approximate surface area is 175 Å². The van der Waals surface area contributed by atoms with Crippen molar-refractivity contribution >= 4 is 21.7 Å². The minimum absolute atomic E-state index is 0.0488. The summed E-state index contributed by atoms with van der Waals surface area (Å²) in [6.45, 7) is 1.09. The van der Waals surface area contributed by atoms with E-state index >= 15 is 0 Å². The average Bonchev–Trinajstić information content (AvgIpc) is 2.76. The van der Waals surface area contributed by atoms with Crippen molar-refractivity contribution in [2.24, 2.45) is 4.40 Å². The van der Waals surface area contributed by atoms with Crippen LogP contribution in [0.25, 0.3) is 0 Å². The van der Waals surface area contributed by atoms with Crippen LogP contribution in [0, 0.1) is 0 Å². The number of nitrogens with zero attached hydrogens (tertiary/aromatic N) is 2. The van der Waals surface area contributed by atoms with E-state index < -0.39 is 10.0 Å². The lowest BCUT2D eigenvalue weighted by atomic mass is 9.99. The molecule has 0 atom stereocenters. The standard InChI is InChI=1S/C20H23N3O6S/c1-26-15-7-12-5-6-23(11-13(12)8-16(15)27-2)20-21-14-9-17(28-3)18(29-4)10-19(14)30(24,25)22-20/h7-10H,5-6,11H2,1-4H3,(H,21,22). The van der Waals surface area contributed by atoms with Gasteiger partial charge in [-0.15, -0.1) is 4.40 Å². The molecule has 0 radical (unpaired) electrons. The highest BCUT2D eigenvalue weighted by Crippen LogP contribution is 2.39. The lowest BCUT2D eigenvalue weighted by molar-refractivity contribution is 0.348. The average molecular weight is 433 g/mol. The van der Waals surface area contributed by atoms with E-state index in [4.69, 9.17) is 18.9 Å². The zero-order valence-electron chi connectivity index (χ0n) is 17.2. The summed E-state index contributed by atoms with van der Waals surface area (Å²) < 4.78 is 51.0. The van der Waals surface area contributed by atoms with Crippen LogP contribution in [0.3, 0.4) is 0 Å². The predicted molar refractivity (Wildman–Crippen MR) is 111 cm³/mol. The zero-order valence-corrected chi connectivity index (χ0v) is 18.0. The topological polar surface area (TPSA) is 98.7 Å². The molecule has 0 saturated carbocycles. The van der Waals surface area contributed by atoms with E-state index in [2.05, 4.69) is 9.71 Å². The highest BCUT2D eigenvalue weighted by molar-refractivity contribution is 7.90. The maximum absolute atomic E-state index is 12.8. The summed E-state index contributed by atoms with van der Waals surface area (Å²) >= 11 is 0. The van der Waals surface area contributed by atoms with Gasteiger partial charge in [-0.05, 0) is 29.7 Å². The number of anilines is 1. The van der Waals surface area contributed by atoms with Gasteiger partial charge in [0.05, 0.1) is 34.1 Å². The van der Waals surface area contributed by atoms with Crippen LogP contribution in [0.2, 0.25) is 0 Å². The summed E-state index contributed by atoms with van der Waals surface area (Å²) in [5, 5.41) is 3.14. The van der Waals surface area contributed by atoms with Gasteiger partial charge in [0.15, 0.2) is 23.0 Å². The number of fused-ring (bicyclic) bond motifs is 2. The molecule has 0 unspecified atom stereocenters. The SMILES string of the molecule is COc1cc2c(cc1OC)CN(C1=NS(=O)(=O)c3cc(OC)c(OC)cc3N1)CC2. The van der Waals surface area contributed by atoms with Gasteiger partial charge in [-0.1, -0.05) is 0 Å². The highest BCUT2D eigenvalue weighted by atomic mass is 32.2. The number of rotatable bonds is 4. The second-order valence-corrected chi connectivity index (χ2v) is 8.44. The van der Waals surface area contributed by atoms with E-state index in [0.717, 1.165) is 17.5 Å². The molecule has 1 N–H and O–H groups in total. The molecule has 10 heteroatoms. The lowest BCUT2D eigenvalue weighted by Crippen LogP contribution is -2.42. The van der Waals surface area contributed by atoms with Crippen molar-refractivity contribution < 1.29 is 27.4 Å². The summed E-state index contributed by atoms with van der Waals surface area (Å²) in [6.07, 6.45) is 0.717. The van der Waals surface area contributed by atoms with Crippen molar-refractivity contribution in [3.05, 3.63) is 35.4 Å². The zero-order chi connectivity index (χ0) is 21.5. The van der Waals surface area contributed by atoms with Crippen molar-refractivity contribution in [1.29, 1.82) is 0 Å². The first-order valence-electron chi connectivity index (χ1n) is 9.27. The van der Waals surface area contributed by atoms with Crippen LogP contribution in [-0.4, -0.2) is 54.3 Å². The number of benzene rings is 2. The molecule has 0 aliphatic carbocycles. The van der Waals surface area contributed by atoms with Crippen LogP contribution in [0.5, 0.6) is 23.0 Å². The molecule has 2 heterocycles. The monoisotopic (exact) mass is 433 g/mol. The molecule has 0 spiro atoms. The van der Waals surface area contributed by atoms with Crippen LogP contribution in [0.1, 0.15) is 11.1 Å². The molecule has 30 heavy (non-hydrogen) atoms. The van der Waals surface area contributed by atoms with Gasteiger partial charge in [0.1, 0.15) is 4.90 Å². The molecule has 0 saturated heterocycles. The Kier molecular flexibility index (Phi) is 5.10. The van der Waals surface area contributed by atoms with Crippen molar-refractivity contribution in [2.45, 2.75) is 17.9 Å². The molecule has 160 valence electrons. The number of guanidine groups is 1. The number of hydrogen-bond donors (Lipinski definition) is 1. The summed E-state index contributed by atoms with van der Waals surface area (Å²) in [5.41, 5.74) is 2.56. The van der Waals surface area contributed by atoms with Crippen LogP contribution < -0.4 is 24.3 Å². The number of ether oxygens (including phenoxy) is 4. The number of hydrogen-bond acceptors (Lipinski definition) is 8. The Morgan fingerprint density at radius 1 is 0.867 bits per heavy atom. The molecular formula is C20H23N3O6S. The smallest absolute Gasteiger partial charge is 0.287 e. The van der Waals surface area contributed by atoms with E-state index in [1.54, 1.807) is 20.3 Å². The first kappa shape index (κ1) is 20.1. The molecule has 2 aliphatic rings. The van der Waals surface area contributed by atoms with Gasteiger partial charge in [0, 0.05) is 25.2 Å². The Bertz CT molecular complexity index is 1130. The van der Waals surface area contributed by atoms with Crippen molar-refractivity contribution in [1.82, 2.24) is 4.90 Å². The maximum atomic E-state index is 12.8. The largest absolute Gasteiger partial charge is 0.493 e. The Hall–Kier alpha value is -3.14. The minimum Gasteiger partial charge on any atom is -0.493 e. The molecular weight excluding hydrogens is 410 g/mol. The summed E-state index contributed by atoms with van der Waals surface area (Å²) in [5.74, 6) is 2.34. The van der Waals surface area contributed by atoms with E-state index in [-0.39, 0.29) is 10.9 Å². The van der Waals surface area contributed by atoms with Crippen LogP contribution in [0.4, 0.5) is 5.69 Å². The first-order chi connectivity index (χ1) is 14.4. The Morgan fingerprint density at radius 3 is 2.07 bits per heavy atom. The molecule has 9 nitrogen and oxygen atoms in total. The van der Waals surface area contributed by atoms with Gasteiger partial charge in [-0.3, -0.25) is 0 Å². The van der Waals surface area contributed by atoms with Gasteiger partial charge in [-0.2, -0.15) is 8.42 Å². The first-order valence-corrected chi connectivity index (χ1v) is 10.7. The van der Waals surface area contributed by atoms with Crippen molar-refractivity contribution in [3.63, 3.8) is 0 Å². The molecule has 2 aromatic rings. The molecule has 0 fully saturated rings. The van der Waals surface area contributed by atoms with Gasteiger partial charge in [0.25, 0.3) is 10.0 Å². The normalized spacial score (nSPS) is 16.5. The third-order valence-corrected chi connectivity index (χ3v) is 6.54.